The molecule has 0 radical (unpaired) electrons. The number of pyridine rings is 2. The number of nitrogens with zero attached hydrogens (tertiary/aromatic N) is 7. The number of aryl methyl sites for hydroxylation is 1. The third-order valence-electron chi connectivity index (χ3n) is 6.74. The first-order valence-corrected chi connectivity index (χ1v) is 13.2. The number of aromatic nitrogens is 4. The average Bonchev–Trinajstić information content (AvgIpc) is 2.92. The van der Waals surface area contributed by atoms with Gasteiger partial charge in [-0.3, -0.25) is 9.97 Å². The van der Waals surface area contributed by atoms with Crippen molar-refractivity contribution in [1.82, 2.24) is 24.8 Å². The zero-order chi connectivity index (χ0) is 25.6. The summed E-state index contributed by atoms with van der Waals surface area (Å²) in [5, 5.41) is 5.31. The van der Waals surface area contributed by atoms with Crippen LogP contribution in [0, 0.1) is 6.92 Å². The van der Waals surface area contributed by atoms with E-state index in [9.17, 15) is 0 Å². The van der Waals surface area contributed by atoms with E-state index in [1.165, 1.54) is 0 Å². The lowest BCUT2D eigenvalue weighted by molar-refractivity contribution is 0.270. The van der Waals surface area contributed by atoms with E-state index in [1.54, 1.807) is 6.20 Å². The molecule has 0 unspecified atom stereocenters. The largest absolute Gasteiger partial charge is 0.383 e. The van der Waals surface area contributed by atoms with Gasteiger partial charge in [-0.1, -0.05) is 24.6 Å². The summed E-state index contributed by atoms with van der Waals surface area (Å²) in [6.45, 7) is 11.5. The van der Waals surface area contributed by atoms with Crippen LogP contribution in [0.3, 0.4) is 0 Å². The van der Waals surface area contributed by atoms with Gasteiger partial charge in [-0.15, -0.1) is 0 Å². The highest BCUT2D eigenvalue weighted by Crippen LogP contribution is 2.25. The third-order valence-corrected chi connectivity index (χ3v) is 6.97. The van der Waals surface area contributed by atoms with Crippen LogP contribution in [-0.2, 0) is 6.54 Å². The van der Waals surface area contributed by atoms with Crippen LogP contribution in [-0.4, -0.2) is 70.6 Å². The molecule has 5 rings (SSSR count). The van der Waals surface area contributed by atoms with Crippen LogP contribution in [0.15, 0.2) is 60.9 Å². The second kappa shape index (κ2) is 11.7. The van der Waals surface area contributed by atoms with Crippen molar-refractivity contribution >= 4 is 40.0 Å². The topological polar surface area (TPSA) is 73.3 Å². The molecule has 0 aliphatic carbocycles. The Hall–Kier alpha value is -3.49. The van der Waals surface area contributed by atoms with Crippen molar-refractivity contribution in [1.29, 1.82) is 0 Å². The Balaban J connectivity index is 1.36. The molecule has 0 saturated carbocycles. The molecule has 1 saturated heterocycles. The minimum atomic E-state index is 0.627. The van der Waals surface area contributed by atoms with E-state index in [4.69, 9.17) is 21.6 Å². The van der Waals surface area contributed by atoms with Crippen molar-refractivity contribution in [3.63, 3.8) is 0 Å². The van der Waals surface area contributed by atoms with Gasteiger partial charge in [0.15, 0.2) is 0 Å². The smallest absolute Gasteiger partial charge is 0.227 e. The van der Waals surface area contributed by atoms with Gasteiger partial charge in [-0.25, -0.2) is 4.98 Å². The zero-order valence-corrected chi connectivity index (χ0v) is 22.2. The van der Waals surface area contributed by atoms with Crippen molar-refractivity contribution in [3.05, 3.63) is 77.3 Å². The molecule has 37 heavy (non-hydrogen) atoms. The van der Waals surface area contributed by atoms with E-state index >= 15 is 0 Å². The molecule has 1 aliphatic rings. The molecule has 1 N–H and O–H groups in total. The quantitative estimate of drug-likeness (QED) is 0.345. The Morgan fingerprint density at radius 1 is 0.973 bits per heavy atom. The monoisotopic (exact) mass is 516 g/mol. The number of piperazine rings is 1. The van der Waals surface area contributed by atoms with Crippen LogP contribution < -0.4 is 15.1 Å². The van der Waals surface area contributed by atoms with Crippen LogP contribution in [0.1, 0.15) is 18.3 Å². The normalized spacial score (nSPS) is 14.2. The second-order valence-electron chi connectivity index (χ2n) is 9.28. The van der Waals surface area contributed by atoms with Crippen LogP contribution in [0.25, 0.3) is 10.9 Å². The molecule has 1 aliphatic heterocycles. The van der Waals surface area contributed by atoms with Gasteiger partial charge in [0.05, 0.1) is 17.8 Å². The standard InChI is InChI=1S/C28H33ClN8/c1-3-35-14-16-36(17-15-35)27-18-21(2)33-28(34-27)37(20-23-6-4-5-10-30-23)13-12-32-25-9-11-31-26-19-22(29)7-8-24(25)26/h4-11,18-19H,3,12-17,20H2,1-2H3,(H,31,32). The molecule has 4 heterocycles. The van der Waals surface area contributed by atoms with Crippen LogP contribution in [0.2, 0.25) is 5.02 Å². The number of hydrogen-bond acceptors (Lipinski definition) is 8. The molecule has 0 spiro atoms. The Labute approximate surface area is 223 Å². The number of hydrogen-bond donors (Lipinski definition) is 1. The Bertz CT molecular complexity index is 1320. The molecule has 8 nitrogen and oxygen atoms in total. The first-order valence-electron chi connectivity index (χ1n) is 12.8. The lowest BCUT2D eigenvalue weighted by Gasteiger charge is -2.35. The summed E-state index contributed by atoms with van der Waals surface area (Å²) in [5.74, 6) is 1.72. The van der Waals surface area contributed by atoms with E-state index in [0.717, 1.165) is 72.5 Å². The maximum absolute atomic E-state index is 6.17. The van der Waals surface area contributed by atoms with Gasteiger partial charge in [0.1, 0.15) is 5.82 Å². The van der Waals surface area contributed by atoms with Gasteiger partial charge in [0, 0.05) is 79.5 Å². The minimum absolute atomic E-state index is 0.627. The maximum Gasteiger partial charge on any atom is 0.227 e. The number of anilines is 3. The summed E-state index contributed by atoms with van der Waals surface area (Å²) < 4.78 is 0. The highest BCUT2D eigenvalue weighted by atomic mass is 35.5. The number of halogens is 1. The van der Waals surface area contributed by atoms with E-state index in [0.29, 0.717) is 24.7 Å². The predicted octanol–water partition coefficient (Wildman–Crippen LogP) is 4.64. The van der Waals surface area contributed by atoms with Crippen LogP contribution in [0.4, 0.5) is 17.5 Å². The lowest BCUT2D eigenvalue weighted by Crippen LogP contribution is -2.46. The van der Waals surface area contributed by atoms with E-state index in [2.05, 4.69) is 43.0 Å². The average molecular weight is 517 g/mol. The summed E-state index contributed by atoms with van der Waals surface area (Å²) in [5.41, 5.74) is 3.85. The lowest BCUT2D eigenvalue weighted by atomic mass is 10.2. The second-order valence-corrected chi connectivity index (χ2v) is 9.71. The third kappa shape index (κ3) is 6.26. The zero-order valence-electron chi connectivity index (χ0n) is 21.4. The number of nitrogens with one attached hydrogen (secondary N) is 1. The fourth-order valence-corrected chi connectivity index (χ4v) is 4.84. The summed E-state index contributed by atoms with van der Waals surface area (Å²) in [4.78, 5) is 25.9. The predicted molar refractivity (Wildman–Crippen MR) is 152 cm³/mol. The molecular formula is C28H33ClN8. The first kappa shape index (κ1) is 25.2. The highest BCUT2D eigenvalue weighted by Gasteiger charge is 2.20. The van der Waals surface area contributed by atoms with Crippen LogP contribution in [0.5, 0.6) is 0 Å². The molecular weight excluding hydrogens is 484 g/mol. The van der Waals surface area contributed by atoms with Crippen molar-refractivity contribution in [2.75, 3.05) is 60.9 Å². The summed E-state index contributed by atoms with van der Waals surface area (Å²) in [7, 11) is 0. The van der Waals surface area contributed by atoms with Crippen molar-refractivity contribution < 1.29 is 0 Å². The molecule has 4 aromatic rings. The maximum atomic E-state index is 6.17. The van der Waals surface area contributed by atoms with Gasteiger partial charge in [-0.05, 0) is 49.9 Å². The number of rotatable bonds is 9. The minimum Gasteiger partial charge on any atom is -0.383 e. The molecule has 9 heteroatoms. The van der Waals surface area contributed by atoms with Crippen molar-refractivity contribution in [2.24, 2.45) is 0 Å². The first-order chi connectivity index (χ1) is 18.1. The summed E-state index contributed by atoms with van der Waals surface area (Å²) in [6, 6.07) is 15.9. The number of benzene rings is 1. The Morgan fingerprint density at radius 2 is 1.84 bits per heavy atom. The van der Waals surface area contributed by atoms with E-state index in [1.807, 2.05) is 55.6 Å². The van der Waals surface area contributed by atoms with Crippen LogP contribution >= 0.6 is 11.6 Å². The Kier molecular flexibility index (Phi) is 7.96. The molecule has 1 fully saturated rings. The van der Waals surface area contributed by atoms with Gasteiger partial charge >= 0.3 is 0 Å². The molecule has 0 amide bonds. The number of likely N-dealkylation sites (N-methyl/N-ethyl adjacent to an activating group) is 1. The Morgan fingerprint density at radius 3 is 2.62 bits per heavy atom. The summed E-state index contributed by atoms with van der Waals surface area (Å²) in [6.07, 6.45) is 3.64. The highest BCUT2D eigenvalue weighted by molar-refractivity contribution is 6.31. The SMILES string of the molecule is CCN1CCN(c2cc(C)nc(N(CCNc3ccnc4cc(Cl)ccc34)Cc3ccccn3)n2)CC1. The molecule has 192 valence electrons. The van der Waals surface area contributed by atoms with Crippen molar-refractivity contribution in [3.8, 4) is 0 Å². The fraction of sp³-hybridized carbons (Fsp3) is 0.357. The number of fused-ring (bicyclic) bond motifs is 1. The van der Waals surface area contributed by atoms with Gasteiger partial charge in [0.2, 0.25) is 5.95 Å². The molecule has 1 aromatic carbocycles. The molecule has 0 atom stereocenters. The van der Waals surface area contributed by atoms with E-state index < -0.39 is 0 Å². The van der Waals surface area contributed by atoms with Gasteiger partial charge < -0.3 is 20.0 Å². The van der Waals surface area contributed by atoms with Gasteiger partial charge in [-0.2, -0.15) is 4.98 Å². The summed E-state index contributed by atoms with van der Waals surface area (Å²) >= 11 is 6.17. The molecule has 3 aromatic heterocycles. The van der Waals surface area contributed by atoms with Gasteiger partial charge in [0.25, 0.3) is 0 Å². The van der Waals surface area contributed by atoms with E-state index in [-0.39, 0.29) is 0 Å². The molecule has 0 bridgehead atoms. The fourth-order valence-electron chi connectivity index (χ4n) is 4.67. The van der Waals surface area contributed by atoms with Crippen molar-refractivity contribution in [2.45, 2.75) is 20.4 Å².